The summed E-state index contributed by atoms with van der Waals surface area (Å²) >= 11 is 0. The summed E-state index contributed by atoms with van der Waals surface area (Å²) in [6.07, 6.45) is 7.16. The number of pyridine rings is 1. The van der Waals surface area contributed by atoms with E-state index in [9.17, 15) is 0 Å². The fourth-order valence-electron chi connectivity index (χ4n) is 2.72. The molecular formula is C17H23N5. The summed E-state index contributed by atoms with van der Waals surface area (Å²) in [7, 11) is 1.98. The van der Waals surface area contributed by atoms with Gasteiger partial charge in [-0.25, -0.2) is 4.98 Å². The van der Waals surface area contributed by atoms with Gasteiger partial charge in [0.25, 0.3) is 0 Å². The highest BCUT2D eigenvalue weighted by atomic mass is 15.3. The van der Waals surface area contributed by atoms with E-state index < -0.39 is 0 Å². The van der Waals surface area contributed by atoms with E-state index in [1.165, 1.54) is 11.3 Å². The summed E-state index contributed by atoms with van der Waals surface area (Å²) in [5.41, 5.74) is 4.59. The zero-order valence-corrected chi connectivity index (χ0v) is 13.5. The Kier molecular flexibility index (Phi) is 4.24. The lowest BCUT2D eigenvalue weighted by atomic mass is 10.1. The molecule has 3 rings (SSSR count). The van der Waals surface area contributed by atoms with E-state index in [1.54, 1.807) is 0 Å². The number of hydrogen-bond donors (Lipinski definition) is 1. The van der Waals surface area contributed by atoms with Gasteiger partial charge >= 0.3 is 0 Å². The van der Waals surface area contributed by atoms with Crippen molar-refractivity contribution in [1.82, 2.24) is 24.5 Å². The van der Waals surface area contributed by atoms with Crippen LogP contribution in [0.4, 0.5) is 0 Å². The fourth-order valence-corrected chi connectivity index (χ4v) is 2.72. The Bertz CT molecular complexity index is 720. The molecule has 0 amide bonds. The van der Waals surface area contributed by atoms with E-state index >= 15 is 0 Å². The number of fused-ring (bicyclic) bond motifs is 1. The fraction of sp³-hybridized carbons (Fsp3) is 0.412. The normalized spacial score (nSPS) is 11.6. The van der Waals surface area contributed by atoms with E-state index in [1.807, 2.05) is 36.1 Å². The lowest BCUT2D eigenvalue weighted by Crippen LogP contribution is -2.17. The maximum absolute atomic E-state index is 4.61. The van der Waals surface area contributed by atoms with Crippen LogP contribution in [0.1, 0.15) is 36.7 Å². The number of imidazole rings is 1. The molecule has 3 heterocycles. The van der Waals surface area contributed by atoms with Gasteiger partial charge in [-0.2, -0.15) is 5.10 Å². The molecule has 0 unspecified atom stereocenters. The Balaban J connectivity index is 1.55. The van der Waals surface area contributed by atoms with Gasteiger partial charge in [0.05, 0.1) is 11.4 Å². The van der Waals surface area contributed by atoms with Gasteiger partial charge < -0.3 is 9.72 Å². The van der Waals surface area contributed by atoms with Gasteiger partial charge in [-0.1, -0.05) is 19.9 Å². The Labute approximate surface area is 131 Å². The van der Waals surface area contributed by atoms with Crippen LogP contribution in [0.25, 0.3) is 5.65 Å². The highest BCUT2D eigenvalue weighted by Gasteiger charge is 2.10. The van der Waals surface area contributed by atoms with Crippen molar-refractivity contribution in [1.29, 1.82) is 0 Å². The molecule has 0 bridgehead atoms. The second-order valence-corrected chi connectivity index (χ2v) is 5.99. The van der Waals surface area contributed by atoms with Crippen molar-refractivity contribution in [2.24, 2.45) is 7.05 Å². The van der Waals surface area contributed by atoms with Crippen LogP contribution in [0.3, 0.4) is 0 Å². The molecule has 1 N–H and O–H groups in total. The molecule has 22 heavy (non-hydrogen) atoms. The molecule has 0 atom stereocenters. The van der Waals surface area contributed by atoms with E-state index in [2.05, 4.69) is 46.0 Å². The number of aryl methyl sites for hydroxylation is 1. The Morgan fingerprint density at radius 3 is 2.86 bits per heavy atom. The van der Waals surface area contributed by atoms with Gasteiger partial charge in [-0.3, -0.25) is 4.68 Å². The van der Waals surface area contributed by atoms with E-state index in [-0.39, 0.29) is 0 Å². The zero-order valence-electron chi connectivity index (χ0n) is 13.5. The molecular weight excluding hydrogens is 274 g/mol. The average molecular weight is 297 g/mol. The summed E-state index contributed by atoms with van der Waals surface area (Å²) in [6.45, 7) is 6.13. The molecule has 116 valence electrons. The standard InChI is InChI=1S/C17H23N5/c1-13(2)17-14(11-21(3)20-17)10-18-8-7-15-12-22-9-5-4-6-16(22)19-15/h4-6,9,11-13,18H,7-8,10H2,1-3H3. The maximum Gasteiger partial charge on any atom is 0.136 e. The van der Waals surface area contributed by atoms with Gasteiger partial charge in [-0.05, 0) is 18.1 Å². The Morgan fingerprint density at radius 1 is 1.23 bits per heavy atom. The largest absolute Gasteiger partial charge is 0.312 e. The molecule has 0 saturated heterocycles. The molecule has 3 aromatic rings. The van der Waals surface area contributed by atoms with Crippen LogP contribution < -0.4 is 5.32 Å². The summed E-state index contributed by atoms with van der Waals surface area (Å²) in [6, 6.07) is 6.06. The molecule has 0 saturated carbocycles. The summed E-state index contributed by atoms with van der Waals surface area (Å²) in [5.74, 6) is 0.455. The van der Waals surface area contributed by atoms with E-state index in [4.69, 9.17) is 0 Å². The van der Waals surface area contributed by atoms with Crippen LogP contribution in [0.5, 0.6) is 0 Å². The highest BCUT2D eigenvalue weighted by Crippen LogP contribution is 2.16. The lowest BCUT2D eigenvalue weighted by molar-refractivity contribution is 0.669. The van der Waals surface area contributed by atoms with Crippen LogP contribution in [0.15, 0.2) is 36.8 Å². The number of nitrogens with zero attached hydrogens (tertiary/aromatic N) is 4. The van der Waals surface area contributed by atoms with Crippen molar-refractivity contribution in [3.8, 4) is 0 Å². The quantitative estimate of drug-likeness (QED) is 0.711. The predicted molar refractivity (Wildman–Crippen MR) is 87.9 cm³/mol. The molecule has 0 aliphatic heterocycles. The highest BCUT2D eigenvalue weighted by molar-refractivity contribution is 5.39. The van der Waals surface area contributed by atoms with Crippen LogP contribution in [0.2, 0.25) is 0 Å². The lowest BCUT2D eigenvalue weighted by Gasteiger charge is -2.06. The van der Waals surface area contributed by atoms with Gasteiger partial charge in [0.2, 0.25) is 0 Å². The van der Waals surface area contributed by atoms with Crippen LogP contribution in [-0.4, -0.2) is 25.7 Å². The maximum atomic E-state index is 4.61. The minimum atomic E-state index is 0.455. The third kappa shape index (κ3) is 3.20. The first-order valence-electron chi connectivity index (χ1n) is 7.79. The van der Waals surface area contributed by atoms with Crippen LogP contribution in [0, 0.1) is 0 Å². The van der Waals surface area contributed by atoms with Crippen LogP contribution in [-0.2, 0) is 20.0 Å². The number of hydrogen-bond acceptors (Lipinski definition) is 3. The van der Waals surface area contributed by atoms with Gasteiger partial charge in [0.15, 0.2) is 0 Å². The van der Waals surface area contributed by atoms with Crippen molar-refractivity contribution in [3.63, 3.8) is 0 Å². The Morgan fingerprint density at radius 2 is 2.09 bits per heavy atom. The third-order valence-corrected chi connectivity index (χ3v) is 3.77. The zero-order chi connectivity index (χ0) is 15.5. The molecule has 0 aliphatic rings. The van der Waals surface area contributed by atoms with Crippen molar-refractivity contribution in [3.05, 3.63) is 53.7 Å². The van der Waals surface area contributed by atoms with Crippen molar-refractivity contribution >= 4 is 5.65 Å². The number of aromatic nitrogens is 4. The number of nitrogens with one attached hydrogen (secondary N) is 1. The molecule has 5 nitrogen and oxygen atoms in total. The van der Waals surface area contributed by atoms with Gasteiger partial charge in [-0.15, -0.1) is 0 Å². The number of rotatable bonds is 6. The SMILES string of the molecule is CC(C)c1nn(C)cc1CNCCc1cn2ccccc2n1. The molecule has 0 spiro atoms. The summed E-state index contributed by atoms with van der Waals surface area (Å²) < 4.78 is 3.96. The van der Waals surface area contributed by atoms with E-state index in [0.29, 0.717) is 5.92 Å². The molecule has 0 radical (unpaired) electrons. The molecule has 0 fully saturated rings. The minimum Gasteiger partial charge on any atom is -0.312 e. The average Bonchev–Trinajstić information content (AvgIpc) is 3.06. The predicted octanol–water partition coefficient (Wildman–Crippen LogP) is 2.52. The second-order valence-electron chi connectivity index (χ2n) is 5.99. The van der Waals surface area contributed by atoms with Crippen molar-refractivity contribution < 1.29 is 0 Å². The van der Waals surface area contributed by atoms with Crippen molar-refractivity contribution in [2.45, 2.75) is 32.7 Å². The van der Waals surface area contributed by atoms with E-state index in [0.717, 1.165) is 30.9 Å². The summed E-state index contributed by atoms with van der Waals surface area (Å²) in [5, 5.41) is 8.04. The first-order chi connectivity index (χ1) is 10.6. The first kappa shape index (κ1) is 14.8. The molecule has 0 aliphatic carbocycles. The van der Waals surface area contributed by atoms with Crippen molar-refractivity contribution in [2.75, 3.05) is 6.54 Å². The smallest absolute Gasteiger partial charge is 0.136 e. The monoisotopic (exact) mass is 297 g/mol. The topological polar surface area (TPSA) is 47.2 Å². The molecule has 5 heteroatoms. The van der Waals surface area contributed by atoms with Crippen LogP contribution >= 0.6 is 0 Å². The Hall–Kier alpha value is -2.14. The second kappa shape index (κ2) is 6.32. The minimum absolute atomic E-state index is 0.455. The third-order valence-electron chi connectivity index (χ3n) is 3.77. The first-order valence-corrected chi connectivity index (χ1v) is 7.79. The molecule has 0 aromatic carbocycles. The summed E-state index contributed by atoms with van der Waals surface area (Å²) in [4.78, 5) is 4.61. The van der Waals surface area contributed by atoms with Gasteiger partial charge in [0, 0.05) is 50.7 Å². The molecule has 3 aromatic heterocycles. The van der Waals surface area contributed by atoms with Gasteiger partial charge in [0.1, 0.15) is 5.65 Å².